The minimum atomic E-state index is -0.121. The number of aromatic nitrogens is 5. The highest BCUT2D eigenvalue weighted by Gasteiger charge is 2.29. The Balaban J connectivity index is 0.000000129. The molecule has 0 atom stereocenters. The molecule has 6 aliphatic heterocycles. The van der Waals surface area contributed by atoms with Gasteiger partial charge in [-0.05, 0) is 155 Å². The van der Waals surface area contributed by atoms with Crippen molar-refractivity contribution in [3.8, 4) is 91.5 Å². The molecule has 8 aromatic carbocycles. The number of benzene rings is 8. The van der Waals surface area contributed by atoms with Gasteiger partial charge >= 0.3 is 0 Å². The van der Waals surface area contributed by atoms with Crippen LogP contribution >= 0.6 is 0 Å². The Morgan fingerprint density at radius 3 is 1.25 bits per heavy atom. The molecular formula is C97H95N11O11. The van der Waals surface area contributed by atoms with Crippen LogP contribution in [0.4, 0.5) is 34.1 Å². The topological polar surface area (TPSA) is 205 Å². The monoisotopic (exact) mass is 1590 g/mol. The summed E-state index contributed by atoms with van der Waals surface area (Å²) < 4.78 is 59.4. The quantitative estimate of drug-likeness (QED) is 0.0686. The first kappa shape index (κ1) is 78.1. The molecule has 5 aromatic heterocycles. The molecule has 13 aromatic rings. The standard InChI is InChI=1S/C37H36N4O4.C31H31N3O4.C29H28N4O3/c1-40(24-27-5-4-14-38-23-27)30-10-13-35-29(20-30)19-28-6-3-7-33(37(28)45-35)34-21-31(41-15-17-43-18-16-41)22-36(39-34)44-25-26-8-11-32(42-2)12-9-26;1-32-24-8-11-29-23(17-24)16-22-4-3-5-27(31(22)38-29)28-18-25(34-12-14-36-15-13-34)19-30(33-28)37-20-21-6-9-26(35-2)10-7-21;1-32(19-20-4-3-9-30-18-20)23-7-8-27-22(15-23)14-21-5-2-6-25(29(21)36-27)26-16-24(17-28(34)31-26)33-10-12-35-13-11-33/h3-14,20-23H,15-19,24-25H2,1-2H3;3-11,17-19,32H,12-16,20H2,1-2H3;2-9,15-18H,10-14,19H2,1H3,(H,31,34). The lowest BCUT2D eigenvalue weighted by Gasteiger charge is -2.29. The molecule has 0 aliphatic carbocycles. The molecule has 2 N–H and O–H groups in total. The molecule has 0 saturated carbocycles. The molecule has 22 heteroatoms. The Labute approximate surface area is 693 Å². The summed E-state index contributed by atoms with van der Waals surface area (Å²) in [6.07, 6.45) is 9.74. The van der Waals surface area contributed by atoms with Gasteiger partial charge in [-0.2, -0.15) is 0 Å². The minimum Gasteiger partial charge on any atom is -0.497 e. The van der Waals surface area contributed by atoms with Gasteiger partial charge in [0.05, 0.1) is 70.9 Å². The first-order chi connectivity index (χ1) is 58.5. The van der Waals surface area contributed by atoms with Gasteiger partial charge in [-0.15, -0.1) is 0 Å². The van der Waals surface area contributed by atoms with Crippen LogP contribution in [0.2, 0.25) is 0 Å². The third-order valence-electron chi connectivity index (χ3n) is 22.1. The Kier molecular flexibility index (Phi) is 23.9. The zero-order valence-electron chi connectivity index (χ0n) is 67.5. The van der Waals surface area contributed by atoms with Crippen molar-refractivity contribution in [2.75, 3.05) is 144 Å². The number of rotatable bonds is 21. The molecule has 119 heavy (non-hydrogen) atoms. The lowest BCUT2D eigenvalue weighted by atomic mass is 9.96. The van der Waals surface area contributed by atoms with Gasteiger partial charge in [0.15, 0.2) is 0 Å². The van der Waals surface area contributed by atoms with Gasteiger partial charge in [-0.3, -0.25) is 14.8 Å². The average molecular weight is 1590 g/mol. The molecule has 604 valence electrons. The summed E-state index contributed by atoms with van der Waals surface area (Å²) in [5.41, 5.74) is 22.7. The molecule has 3 fully saturated rings. The van der Waals surface area contributed by atoms with E-state index in [0.29, 0.717) is 64.6 Å². The Morgan fingerprint density at radius 2 is 0.832 bits per heavy atom. The van der Waals surface area contributed by atoms with Crippen LogP contribution in [0.25, 0.3) is 33.8 Å². The number of morpholine rings is 3. The molecule has 0 radical (unpaired) electrons. The van der Waals surface area contributed by atoms with Crippen LogP contribution < -0.4 is 68.5 Å². The van der Waals surface area contributed by atoms with E-state index >= 15 is 0 Å². The number of hydrogen-bond donors (Lipinski definition) is 2. The number of ether oxygens (including phenoxy) is 10. The van der Waals surface area contributed by atoms with Gasteiger partial charge in [-0.25, -0.2) is 9.97 Å². The summed E-state index contributed by atoms with van der Waals surface area (Å²) in [4.78, 5) is 45.3. The van der Waals surface area contributed by atoms with E-state index in [0.717, 1.165) is 230 Å². The van der Waals surface area contributed by atoms with Gasteiger partial charge < -0.3 is 82.2 Å². The second kappa shape index (κ2) is 36.4. The van der Waals surface area contributed by atoms with Crippen molar-refractivity contribution in [3.05, 3.63) is 309 Å². The van der Waals surface area contributed by atoms with Crippen LogP contribution in [0.1, 0.15) is 55.6 Å². The summed E-state index contributed by atoms with van der Waals surface area (Å²) in [6.45, 7) is 11.3. The summed E-state index contributed by atoms with van der Waals surface area (Å²) in [6, 6.07) is 73.6. The minimum absolute atomic E-state index is 0.121. The highest BCUT2D eigenvalue weighted by molar-refractivity contribution is 5.79. The number of H-pyrrole nitrogens is 1. The van der Waals surface area contributed by atoms with Crippen molar-refractivity contribution in [1.29, 1.82) is 0 Å². The second-order valence-electron chi connectivity index (χ2n) is 30.1. The molecule has 3 saturated heterocycles. The predicted octanol–water partition coefficient (Wildman–Crippen LogP) is 17.4. The smallest absolute Gasteiger partial charge is 0.250 e. The van der Waals surface area contributed by atoms with Crippen molar-refractivity contribution in [3.63, 3.8) is 0 Å². The Morgan fingerprint density at radius 1 is 0.420 bits per heavy atom. The van der Waals surface area contributed by atoms with Crippen LogP contribution in [-0.2, 0) is 59.8 Å². The van der Waals surface area contributed by atoms with E-state index in [1.54, 1.807) is 32.7 Å². The van der Waals surface area contributed by atoms with Gasteiger partial charge in [0, 0.05) is 214 Å². The fraction of sp³-hybridized carbons (Fsp3) is 0.247. The number of aromatic amines is 1. The molecule has 22 nitrogen and oxygen atoms in total. The van der Waals surface area contributed by atoms with E-state index < -0.39 is 0 Å². The average Bonchev–Trinajstić information content (AvgIpc) is 0.776. The number of nitrogens with zero attached hydrogens (tertiary/aromatic N) is 9. The van der Waals surface area contributed by atoms with Crippen molar-refractivity contribution in [2.24, 2.45) is 0 Å². The van der Waals surface area contributed by atoms with E-state index in [-0.39, 0.29) is 5.56 Å². The predicted molar refractivity (Wildman–Crippen MR) is 466 cm³/mol. The molecule has 6 aliphatic rings. The summed E-state index contributed by atoms with van der Waals surface area (Å²) in [7, 11) is 9.45. The van der Waals surface area contributed by atoms with E-state index in [2.05, 4.69) is 162 Å². The summed E-state index contributed by atoms with van der Waals surface area (Å²) in [5.74, 6) is 7.87. The number of hydrogen-bond acceptors (Lipinski definition) is 21. The lowest BCUT2D eigenvalue weighted by molar-refractivity contribution is 0.122. The van der Waals surface area contributed by atoms with Crippen molar-refractivity contribution < 1.29 is 47.4 Å². The molecule has 0 spiro atoms. The van der Waals surface area contributed by atoms with Crippen molar-refractivity contribution in [1.82, 2.24) is 24.9 Å². The van der Waals surface area contributed by atoms with E-state index in [4.69, 9.17) is 57.3 Å². The molecular weight excluding hydrogens is 1500 g/mol. The fourth-order valence-electron chi connectivity index (χ4n) is 15.7. The van der Waals surface area contributed by atoms with Crippen molar-refractivity contribution >= 4 is 34.1 Å². The maximum absolute atomic E-state index is 12.6. The van der Waals surface area contributed by atoms with Gasteiger partial charge in [0.1, 0.15) is 59.2 Å². The van der Waals surface area contributed by atoms with E-state index in [1.165, 1.54) is 11.1 Å². The lowest BCUT2D eigenvalue weighted by Crippen LogP contribution is -2.36. The normalized spacial score (nSPS) is 14.1. The molecule has 11 heterocycles. The van der Waals surface area contributed by atoms with E-state index in [1.807, 2.05) is 129 Å². The molecule has 19 rings (SSSR count). The van der Waals surface area contributed by atoms with Crippen LogP contribution in [0, 0.1) is 0 Å². The van der Waals surface area contributed by atoms with Crippen molar-refractivity contribution in [2.45, 2.75) is 45.6 Å². The SMILES string of the molecule is CN(Cc1cccnc1)c1ccc2c(c1)Cc1cccc(-c3cc(N4CCOCC4)cc(=O)[nH]3)c1O2.CNc1ccc2c(c1)Cc1cccc(-c3cc(N4CCOCC4)cc(OCc4ccc(OC)cc4)n3)c1O2.COc1ccc(COc2cc(N3CCOCC3)cc(-c3cccc4c3Oc3ccc(N(C)Cc5cccnc5)cc3C4)n2)cc1. The third-order valence-corrected chi connectivity index (χ3v) is 22.1. The maximum atomic E-state index is 12.6. The fourth-order valence-corrected chi connectivity index (χ4v) is 15.7. The van der Waals surface area contributed by atoms with E-state index in [9.17, 15) is 4.79 Å². The van der Waals surface area contributed by atoms with Crippen LogP contribution in [0.15, 0.2) is 248 Å². The third kappa shape index (κ3) is 18.6. The zero-order valence-corrected chi connectivity index (χ0v) is 67.5. The summed E-state index contributed by atoms with van der Waals surface area (Å²) >= 11 is 0. The summed E-state index contributed by atoms with van der Waals surface area (Å²) in [5, 5.41) is 3.21. The highest BCUT2D eigenvalue weighted by Crippen LogP contribution is 2.48. The number of pyridine rings is 5. The first-order valence-corrected chi connectivity index (χ1v) is 40.4. The number of para-hydroxylation sites is 3. The number of anilines is 6. The largest absolute Gasteiger partial charge is 0.497 e. The van der Waals surface area contributed by atoms with Crippen LogP contribution in [-0.4, -0.2) is 139 Å². The molecule has 0 bridgehead atoms. The Bertz CT molecular complexity index is 5760. The number of fused-ring (bicyclic) bond motifs is 6. The van der Waals surface area contributed by atoms with Gasteiger partial charge in [0.25, 0.3) is 0 Å². The van der Waals surface area contributed by atoms with Crippen LogP contribution in [0.3, 0.4) is 0 Å². The van der Waals surface area contributed by atoms with Gasteiger partial charge in [-0.1, -0.05) is 72.8 Å². The number of methoxy groups -OCH3 is 2. The number of nitrogens with one attached hydrogen (secondary N) is 2. The van der Waals surface area contributed by atoms with Gasteiger partial charge in [0.2, 0.25) is 17.3 Å². The Hall–Kier alpha value is -13.4. The molecule has 0 amide bonds. The van der Waals surface area contributed by atoms with Crippen LogP contribution in [0.5, 0.6) is 57.8 Å². The first-order valence-electron chi connectivity index (χ1n) is 40.4. The highest BCUT2D eigenvalue weighted by atomic mass is 16.5. The second-order valence-corrected chi connectivity index (χ2v) is 30.1. The molecule has 0 unspecified atom stereocenters. The maximum Gasteiger partial charge on any atom is 0.250 e. The zero-order chi connectivity index (χ0) is 81.0.